The van der Waals surface area contributed by atoms with Gasteiger partial charge in [-0.3, -0.25) is 0 Å². The van der Waals surface area contributed by atoms with Gasteiger partial charge in [0.05, 0.1) is 12.1 Å². The highest BCUT2D eigenvalue weighted by Gasteiger charge is 2.27. The zero-order chi connectivity index (χ0) is 19.0. The molecule has 140 valence electrons. The summed E-state index contributed by atoms with van der Waals surface area (Å²) in [5.74, 6) is 0.300. The van der Waals surface area contributed by atoms with Crippen LogP contribution in [0.5, 0.6) is 5.75 Å². The van der Waals surface area contributed by atoms with E-state index in [4.69, 9.17) is 9.84 Å². The summed E-state index contributed by atoms with van der Waals surface area (Å²) in [5.41, 5.74) is 2.42. The van der Waals surface area contributed by atoms with Gasteiger partial charge in [0, 0.05) is 29.7 Å². The fourth-order valence-corrected chi connectivity index (χ4v) is 3.49. The third-order valence-corrected chi connectivity index (χ3v) is 4.95. The predicted molar refractivity (Wildman–Crippen MR) is 100 cm³/mol. The van der Waals surface area contributed by atoms with Crippen LogP contribution >= 0.6 is 0 Å². The highest BCUT2D eigenvalue weighted by molar-refractivity contribution is 5.88. The minimum atomic E-state index is -1.00. The molecule has 1 N–H and O–H groups in total. The van der Waals surface area contributed by atoms with Crippen molar-refractivity contribution >= 4 is 23.2 Å². The first-order valence-electron chi connectivity index (χ1n) is 8.88. The Labute approximate surface area is 156 Å². The van der Waals surface area contributed by atoms with Gasteiger partial charge in [0.1, 0.15) is 6.61 Å². The maximum absolute atomic E-state index is 14.0. The molecular formula is C20H20FN3O3. The van der Waals surface area contributed by atoms with Crippen LogP contribution in [-0.2, 0) is 0 Å². The van der Waals surface area contributed by atoms with Crippen LogP contribution in [0.25, 0.3) is 5.70 Å². The van der Waals surface area contributed by atoms with Crippen molar-refractivity contribution in [2.24, 2.45) is 0 Å². The number of ether oxygens (including phenoxy) is 1. The molecule has 0 aliphatic carbocycles. The minimum Gasteiger partial charge on any atom is -0.488 e. The van der Waals surface area contributed by atoms with Gasteiger partial charge in [-0.25, -0.2) is 14.2 Å². The highest BCUT2D eigenvalue weighted by Crippen LogP contribution is 2.37. The van der Waals surface area contributed by atoms with Crippen molar-refractivity contribution in [1.82, 2.24) is 9.88 Å². The van der Waals surface area contributed by atoms with Gasteiger partial charge >= 0.3 is 5.97 Å². The topological polar surface area (TPSA) is 65.9 Å². The lowest BCUT2D eigenvalue weighted by Gasteiger charge is -2.31. The molecule has 1 atom stereocenters. The third kappa shape index (κ3) is 3.20. The molecule has 0 bridgehead atoms. The first kappa shape index (κ1) is 17.3. The van der Waals surface area contributed by atoms with Crippen molar-refractivity contribution in [1.29, 1.82) is 0 Å². The SMILES string of the molecule is C=C(c1cnc2c(c1)OCCN2c1ccc(C(=O)O)cc1)N1CCCC1F. The van der Waals surface area contributed by atoms with Crippen LogP contribution in [0.1, 0.15) is 28.8 Å². The lowest BCUT2D eigenvalue weighted by atomic mass is 10.1. The van der Waals surface area contributed by atoms with Gasteiger partial charge in [0.15, 0.2) is 17.9 Å². The molecule has 0 radical (unpaired) electrons. The lowest BCUT2D eigenvalue weighted by Crippen LogP contribution is -2.30. The van der Waals surface area contributed by atoms with E-state index in [9.17, 15) is 9.18 Å². The van der Waals surface area contributed by atoms with E-state index in [-0.39, 0.29) is 5.56 Å². The third-order valence-electron chi connectivity index (χ3n) is 4.95. The Morgan fingerprint density at radius 2 is 2.04 bits per heavy atom. The smallest absolute Gasteiger partial charge is 0.335 e. The van der Waals surface area contributed by atoms with Gasteiger partial charge in [-0.2, -0.15) is 0 Å². The first-order chi connectivity index (χ1) is 13.0. The van der Waals surface area contributed by atoms with Crippen LogP contribution in [-0.4, -0.2) is 47.0 Å². The standard InChI is InChI=1S/C20H20FN3O3/c1-13(23-8-2-3-18(23)21)15-11-17-19(22-12-15)24(9-10-27-17)16-6-4-14(5-7-16)20(25)26/h4-7,11-12,18H,1-3,8-10H2,(H,25,26). The number of alkyl halides is 1. The van der Waals surface area contributed by atoms with Crippen LogP contribution in [0, 0.1) is 0 Å². The fraction of sp³-hybridized carbons (Fsp3) is 0.300. The highest BCUT2D eigenvalue weighted by atomic mass is 19.1. The summed E-state index contributed by atoms with van der Waals surface area (Å²) in [5, 5.41) is 9.05. The summed E-state index contributed by atoms with van der Waals surface area (Å²) >= 11 is 0. The van der Waals surface area contributed by atoms with Gasteiger partial charge < -0.3 is 19.6 Å². The number of carboxylic acid groups (broad SMARTS) is 1. The molecule has 0 spiro atoms. The summed E-state index contributed by atoms with van der Waals surface area (Å²) in [6.45, 7) is 5.76. The number of aromatic nitrogens is 1. The van der Waals surface area contributed by atoms with E-state index in [0.29, 0.717) is 43.4 Å². The molecule has 2 aromatic rings. The number of fused-ring (bicyclic) bond motifs is 1. The number of aromatic carboxylic acids is 1. The van der Waals surface area contributed by atoms with E-state index < -0.39 is 12.3 Å². The van der Waals surface area contributed by atoms with E-state index in [1.54, 1.807) is 35.4 Å². The molecule has 0 saturated carbocycles. The molecule has 1 saturated heterocycles. The van der Waals surface area contributed by atoms with Crippen molar-refractivity contribution in [2.75, 3.05) is 24.6 Å². The van der Waals surface area contributed by atoms with Gasteiger partial charge in [-0.1, -0.05) is 6.58 Å². The summed E-state index contributed by atoms with van der Waals surface area (Å²) in [6.07, 6.45) is 2.02. The van der Waals surface area contributed by atoms with Crippen molar-refractivity contribution in [3.8, 4) is 5.75 Å². The molecule has 1 aromatic carbocycles. The Kier molecular flexibility index (Phi) is 4.43. The average Bonchev–Trinajstić information content (AvgIpc) is 3.12. The number of carbonyl (C=O) groups is 1. The molecule has 3 heterocycles. The number of likely N-dealkylation sites (tertiary alicyclic amines) is 1. The summed E-state index contributed by atoms with van der Waals surface area (Å²) < 4.78 is 19.8. The maximum Gasteiger partial charge on any atom is 0.335 e. The van der Waals surface area contributed by atoms with Crippen molar-refractivity contribution < 1.29 is 19.0 Å². The van der Waals surface area contributed by atoms with Gasteiger partial charge in [0.25, 0.3) is 0 Å². The van der Waals surface area contributed by atoms with Crippen LogP contribution < -0.4 is 9.64 Å². The van der Waals surface area contributed by atoms with Crippen molar-refractivity contribution in [2.45, 2.75) is 19.1 Å². The Morgan fingerprint density at radius 3 is 2.70 bits per heavy atom. The molecule has 2 aliphatic rings. The van der Waals surface area contributed by atoms with Gasteiger partial charge in [0.2, 0.25) is 0 Å². The zero-order valence-corrected chi connectivity index (χ0v) is 14.8. The molecule has 4 rings (SSSR count). The molecule has 7 heteroatoms. The number of nitrogens with zero attached hydrogens (tertiary/aromatic N) is 3. The van der Waals surface area contributed by atoms with Crippen molar-refractivity contribution in [3.05, 3.63) is 54.2 Å². The molecule has 1 fully saturated rings. The van der Waals surface area contributed by atoms with Crippen LogP contribution in [0.15, 0.2) is 43.1 Å². The van der Waals surface area contributed by atoms with E-state index >= 15 is 0 Å². The second kappa shape index (κ2) is 6.90. The number of hydrogen-bond acceptors (Lipinski definition) is 5. The average molecular weight is 369 g/mol. The number of rotatable bonds is 4. The largest absolute Gasteiger partial charge is 0.488 e. The number of anilines is 2. The quantitative estimate of drug-likeness (QED) is 0.830. The second-order valence-corrected chi connectivity index (χ2v) is 6.61. The molecule has 2 aliphatic heterocycles. The zero-order valence-electron chi connectivity index (χ0n) is 14.8. The molecule has 1 aromatic heterocycles. The van der Waals surface area contributed by atoms with E-state index in [2.05, 4.69) is 11.6 Å². The van der Waals surface area contributed by atoms with Crippen LogP contribution in [0.4, 0.5) is 15.9 Å². The Morgan fingerprint density at radius 1 is 1.26 bits per heavy atom. The molecule has 1 unspecified atom stereocenters. The van der Waals surface area contributed by atoms with Gasteiger partial charge in [-0.05, 0) is 43.2 Å². The fourth-order valence-electron chi connectivity index (χ4n) is 3.49. The van der Waals surface area contributed by atoms with E-state index in [0.717, 1.165) is 17.7 Å². The lowest BCUT2D eigenvalue weighted by molar-refractivity contribution is 0.0697. The monoisotopic (exact) mass is 369 g/mol. The Balaban J connectivity index is 1.62. The predicted octanol–water partition coefficient (Wildman–Crippen LogP) is 3.67. The van der Waals surface area contributed by atoms with Crippen LogP contribution in [0.2, 0.25) is 0 Å². The summed E-state index contributed by atoms with van der Waals surface area (Å²) in [4.78, 5) is 19.2. The van der Waals surface area contributed by atoms with Gasteiger partial charge in [-0.15, -0.1) is 0 Å². The molecule has 0 amide bonds. The summed E-state index contributed by atoms with van der Waals surface area (Å²) in [7, 11) is 0. The molecule has 27 heavy (non-hydrogen) atoms. The van der Waals surface area contributed by atoms with E-state index in [1.165, 1.54) is 0 Å². The van der Waals surface area contributed by atoms with Crippen LogP contribution in [0.3, 0.4) is 0 Å². The summed E-state index contributed by atoms with van der Waals surface area (Å²) in [6, 6.07) is 8.49. The maximum atomic E-state index is 14.0. The normalized spacial score (nSPS) is 18.8. The Hall–Kier alpha value is -3.09. The molecular weight excluding hydrogens is 349 g/mol. The number of pyridine rings is 1. The minimum absolute atomic E-state index is 0.234. The number of carboxylic acids is 1. The van der Waals surface area contributed by atoms with E-state index in [1.807, 2.05) is 11.0 Å². The number of halogens is 1. The van der Waals surface area contributed by atoms with Crippen molar-refractivity contribution in [3.63, 3.8) is 0 Å². The second-order valence-electron chi connectivity index (χ2n) is 6.61. The Bertz CT molecular complexity index is 885. The molecule has 6 nitrogen and oxygen atoms in total. The first-order valence-corrected chi connectivity index (χ1v) is 8.88. The number of benzene rings is 1. The number of hydrogen-bond donors (Lipinski definition) is 1.